The van der Waals surface area contributed by atoms with Crippen molar-refractivity contribution in [2.75, 3.05) is 13.7 Å². The van der Waals surface area contributed by atoms with Gasteiger partial charge in [0.05, 0.1) is 18.2 Å². The summed E-state index contributed by atoms with van der Waals surface area (Å²) >= 11 is 0. The van der Waals surface area contributed by atoms with Crippen LogP contribution in [0.3, 0.4) is 0 Å². The fourth-order valence-corrected chi connectivity index (χ4v) is 1.57. The molecule has 0 bridgehead atoms. The molecule has 1 amide bonds. The van der Waals surface area contributed by atoms with Gasteiger partial charge in [0.1, 0.15) is 0 Å². The lowest BCUT2D eigenvalue weighted by molar-refractivity contribution is -0.124. The summed E-state index contributed by atoms with van der Waals surface area (Å²) in [7, 11) is 1.78. The number of hydrogen-bond acceptors (Lipinski definition) is 3. The number of carbonyl (C=O) groups excluding carboxylic acids is 1. The van der Waals surface area contributed by atoms with Crippen LogP contribution in [-0.2, 0) is 9.53 Å². The second-order valence-corrected chi connectivity index (χ2v) is 3.86. The fraction of sp³-hybridized carbons (Fsp3) is 0.900. The first-order valence-corrected chi connectivity index (χ1v) is 5.24. The largest absolute Gasteiger partial charge is 0.376 e. The van der Waals surface area contributed by atoms with Gasteiger partial charge in [-0.05, 0) is 33.7 Å². The van der Waals surface area contributed by atoms with Crippen LogP contribution in [0.5, 0.6) is 0 Å². The van der Waals surface area contributed by atoms with Gasteiger partial charge in [-0.25, -0.2) is 0 Å². The van der Waals surface area contributed by atoms with Gasteiger partial charge >= 0.3 is 0 Å². The summed E-state index contributed by atoms with van der Waals surface area (Å²) in [5.41, 5.74) is 0. The Kier molecular flexibility index (Phi) is 4.35. The van der Waals surface area contributed by atoms with Gasteiger partial charge in [0.2, 0.25) is 5.91 Å². The monoisotopic (exact) mass is 200 g/mol. The second-order valence-electron chi connectivity index (χ2n) is 3.86. The Bertz CT molecular complexity index is 191. The van der Waals surface area contributed by atoms with Gasteiger partial charge in [0.25, 0.3) is 0 Å². The Morgan fingerprint density at radius 3 is 2.71 bits per heavy atom. The molecule has 0 aromatic heterocycles. The molecule has 3 atom stereocenters. The minimum absolute atomic E-state index is 0.0375. The Hall–Kier alpha value is -0.610. The normalized spacial score (nSPS) is 25.8. The highest BCUT2D eigenvalue weighted by Gasteiger charge is 2.24. The lowest BCUT2D eigenvalue weighted by Gasteiger charge is -2.21. The van der Waals surface area contributed by atoms with E-state index in [-0.39, 0.29) is 24.1 Å². The molecule has 0 saturated carbocycles. The maximum absolute atomic E-state index is 11.5. The zero-order valence-corrected chi connectivity index (χ0v) is 9.17. The summed E-state index contributed by atoms with van der Waals surface area (Å²) in [4.78, 5) is 11.5. The van der Waals surface area contributed by atoms with Crippen molar-refractivity contribution in [3.05, 3.63) is 0 Å². The van der Waals surface area contributed by atoms with Crippen LogP contribution >= 0.6 is 0 Å². The number of nitrogens with one attached hydrogen (secondary N) is 2. The van der Waals surface area contributed by atoms with E-state index >= 15 is 0 Å². The predicted molar refractivity (Wildman–Crippen MR) is 55.1 cm³/mol. The molecular weight excluding hydrogens is 180 g/mol. The van der Waals surface area contributed by atoms with E-state index in [4.69, 9.17) is 4.74 Å². The number of carbonyl (C=O) groups is 1. The second kappa shape index (κ2) is 5.32. The van der Waals surface area contributed by atoms with Crippen LogP contribution in [0.25, 0.3) is 0 Å². The molecule has 1 rings (SSSR count). The predicted octanol–water partition coefficient (Wildman–Crippen LogP) is 0.278. The first-order valence-electron chi connectivity index (χ1n) is 5.24. The molecule has 4 nitrogen and oxygen atoms in total. The summed E-state index contributed by atoms with van der Waals surface area (Å²) in [5.74, 6) is 0.0375. The van der Waals surface area contributed by atoms with E-state index in [1.165, 1.54) is 0 Å². The van der Waals surface area contributed by atoms with Gasteiger partial charge in [-0.3, -0.25) is 4.79 Å². The molecule has 0 spiro atoms. The van der Waals surface area contributed by atoms with Gasteiger partial charge < -0.3 is 15.4 Å². The van der Waals surface area contributed by atoms with Crippen LogP contribution in [0, 0.1) is 0 Å². The SMILES string of the molecule is CNC(C)C(=O)NC(C)C1CCCO1. The number of hydrogen-bond donors (Lipinski definition) is 2. The molecule has 3 unspecified atom stereocenters. The first-order chi connectivity index (χ1) is 6.65. The van der Waals surface area contributed by atoms with E-state index in [2.05, 4.69) is 10.6 Å². The maximum Gasteiger partial charge on any atom is 0.237 e. The molecule has 82 valence electrons. The van der Waals surface area contributed by atoms with Crippen LogP contribution in [0.15, 0.2) is 0 Å². The highest BCUT2D eigenvalue weighted by molar-refractivity contribution is 5.81. The van der Waals surface area contributed by atoms with Crippen LogP contribution in [0.2, 0.25) is 0 Å². The van der Waals surface area contributed by atoms with Gasteiger partial charge in [0, 0.05) is 6.61 Å². The van der Waals surface area contributed by atoms with E-state index in [0.717, 1.165) is 19.4 Å². The lowest BCUT2D eigenvalue weighted by atomic mass is 10.1. The van der Waals surface area contributed by atoms with E-state index in [1.807, 2.05) is 13.8 Å². The molecule has 0 radical (unpaired) electrons. The van der Waals surface area contributed by atoms with Crippen molar-refractivity contribution in [1.29, 1.82) is 0 Å². The quantitative estimate of drug-likeness (QED) is 0.685. The zero-order chi connectivity index (χ0) is 10.6. The molecular formula is C10H20N2O2. The van der Waals surface area contributed by atoms with Crippen molar-refractivity contribution >= 4 is 5.91 Å². The highest BCUT2D eigenvalue weighted by atomic mass is 16.5. The van der Waals surface area contributed by atoms with Crippen molar-refractivity contribution in [1.82, 2.24) is 10.6 Å². The molecule has 0 aromatic carbocycles. The molecule has 2 N–H and O–H groups in total. The van der Waals surface area contributed by atoms with Crippen LogP contribution < -0.4 is 10.6 Å². The molecule has 0 aromatic rings. The number of rotatable bonds is 4. The third-order valence-electron chi connectivity index (χ3n) is 2.72. The summed E-state index contributed by atoms with van der Waals surface area (Å²) in [5, 5.41) is 5.85. The Morgan fingerprint density at radius 1 is 1.50 bits per heavy atom. The Labute approximate surface area is 85.4 Å². The minimum atomic E-state index is -0.140. The summed E-state index contributed by atoms with van der Waals surface area (Å²) in [6.45, 7) is 4.67. The average Bonchev–Trinajstić information content (AvgIpc) is 2.69. The lowest BCUT2D eigenvalue weighted by Crippen LogP contribution is -2.48. The molecule has 1 heterocycles. The van der Waals surface area contributed by atoms with Crippen molar-refractivity contribution in [2.24, 2.45) is 0 Å². The third kappa shape index (κ3) is 2.96. The molecule has 0 aliphatic carbocycles. The van der Waals surface area contributed by atoms with Crippen molar-refractivity contribution in [2.45, 2.75) is 44.9 Å². The minimum Gasteiger partial charge on any atom is -0.376 e. The van der Waals surface area contributed by atoms with Gasteiger partial charge in [-0.15, -0.1) is 0 Å². The molecule has 1 aliphatic heterocycles. The third-order valence-corrected chi connectivity index (χ3v) is 2.72. The van der Waals surface area contributed by atoms with E-state index in [9.17, 15) is 4.79 Å². The number of likely N-dealkylation sites (N-methyl/N-ethyl adjacent to an activating group) is 1. The fourth-order valence-electron chi connectivity index (χ4n) is 1.57. The smallest absolute Gasteiger partial charge is 0.237 e. The van der Waals surface area contributed by atoms with Crippen LogP contribution in [0.4, 0.5) is 0 Å². The molecule has 4 heteroatoms. The molecule has 1 aliphatic rings. The topological polar surface area (TPSA) is 50.4 Å². The van der Waals surface area contributed by atoms with E-state index in [0.29, 0.717) is 0 Å². The highest BCUT2D eigenvalue weighted by Crippen LogP contribution is 2.15. The van der Waals surface area contributed by atoms with Gasteiger partial charge in [0.15, 0.2) is 0 Å². The van der Waals surface area contributed by atoms with Crippen LogP contribution in [-0.4, -0.2) is 37.7 Å². The Morgan fingerprint density at radius 2 is 2.21 bits per heavy atom. The molecule has 1 saturated heterocycles. The van der Waals surface area contributed by atoms with Crippen molar-refractivity contribution in [3.63, 3.8) is 0 Å². The van der Waals surface area contributed by atoms with Crippen molar-refractivity contribution < 1.29 is 9.53 Å². The summed E-state index contributed by atoms with van der Waals surface area (Å²) < 4.78 is 5.49. The van der Waals surface area contributed by atoms with Crippen LogP contribution in [0.1, 0.15) is 26.7 Å². The number of amides is 1. The molecule has 14 heavy (non-hydrogen) atoms. The van der Waals surface area contributed by atoms with E-state index < -0.39 is 0 Å². The van der Waals surface area contributed by atoms with Crippen molar-refractivity contribution in [3.8, 4) is 0 Å². The average molecular weight is 200 g/mol. The molecule has 1 fully saturated rings. The zero-order valence-electron chi connectivity index (χ0n) is 9.17. The number of ether oxygens (including phenoxy) is 1. The maximum atomic E-state index is 11.5. The summed E-state index contributed by atoms with van der Waals surface area (Å²) in [6, 6.07) is -0.0281. The standard InChI is InChI=1S/C10H20N2O2/c1-7(9-5-4-6-14-9)12-10(13)8(2)11-3/h7-9,11H,4-6H2,1-3H3,(H,12,13). The first kappa shape index (κ1) is 11.5. The van der Waals surface area contributed by atoms with Gasteiger partial charge in [-0.1, -0.05) is 0 Å². The van der Waals surface area contributed by atoms with E-state index in [1.54, 1.807) is 7.05 Å². The Balaban J connectivity index is 2.31. The van der Waals surface area contributed by atoms with Gasteiger partial charge in [-0.2, -0.15) is 0 Å². The summed E-state index contributed by atoms with van der Waals surface area (Å²) in [6.07, 6.45) is 2.35.